The Bertz CT molecular complexity index is 342. The first-order chi connectivity index (χ1) is 7.31. The average Bonchev–Trinajstić information content (AvgIpc) is 2.86. The van der Waals surface area contributed by atoms with E-state index in [4.69, 9.17) is 0 Å². The minimum Gasteiger partial charge on any atom is -0.347 e. The Balaban J connectivity index is 2.00. The van der Waals surface area contributed by atoms with Crippen molar-refractivity contribution in [2.75, 3.05) is 13.1 Å². The third kappa shape index (κ3) is 2.38. The summed E-state index contributed by atoms with van der Waals surface area (Å²) in [6.07, 6.45) is 1.97. The number of nitrogens with one attached hydrogen (secondary N) is 2. The summed E-state index contributed by atoms with van der Waals surface area (Å²) in [6, 6.07) is 2.34. The summed E-state index contributed by atoms with van der Waals surface area (Å²) < 4.78 is 0. The molecule has 0 unspecified atom stereocenters. The van der Waals surface area contributed by atoms with E-state index in [0.717, 1.165) is 36.4 Å². The highest BCUT2D eigenvalue weighted by atomic mass is 32.1. The lowest BCUT2D eigenvalue weighted by Gasteiger charge is -2.10. The van der Waals surface area contributed by atoms with E-state index in [0.29, 0.717) is 6.04 Å². The molecular weight excluding hydrogens is 208 g/mol. The van der Waals surface area contributed by atoms with Gasteiger partial charge in [0.2, 0.25) is 0 Å². The lowest BCUT2D eigenvalue weighted by Crippen LogP contribution is -2.36. The standard InChI is InChI=1S/C11H16N2OS/c1-2-8-4-6-15-10(8)11(14)13-9-3-5-12-7-9/h4,6,9,12H,2-3,5,7H2,1H3,(H,13,14)/t9-/m0/s1. The van der Waals surface area contributed by atoms with Crippen molar-refractivity contribution in [1.29, 1.82) is 0 Å². The van der Waals surface area contributed by atoms with Crippen LogP contribution in [0, 0.1) is 0 Å². The Morgan fingerprint density at radius 3 is 3.27 bits per heavy atom. The van der Waals surface area contributed by atoms with Crippen LogP contribution < -0.4 is 10.6 Å². The van der Waals surface area contributed by atoms with Crippen molar-refractivity contribution in [3.63, 3.8) is 0 Å². The normalized spacial score (nSPS) is 20.5. The summed E-state index contributed by atoms with van der Waals surface area (Å²) in [5, 5.41) is 8.29. The van der Waals surface area contributed by atoms with Gasteiger partial charge in [-0.1, -0.05) is 6.92 Å². The van der Waals surface area contributed by atoms with Crippen molar-refractivity contribution in [2.45, 2.75) is 25.8 Å². The van der Waals surface area contributed by atoms with E-state index in [1.807, 2.05) is 11.4 Å². The van der Waals surface area contributed by atoms with Gasteiger partial charge in [-0.05, 0) is 36.4 Å². The lowest BCUT2D eigenvalue weighted by atomic mass is 10.2. The Morgan fingerprint density at radius 2 is 2.60 bits per heavy atom. The maximum absolute atomic E-state index is 11.9. The van der Waals surface area contributed by atoms with Gasteiger partial charge in [0.1, 0.15) is 0 Å². The molecule has 0 spiro atoms. The van der Waals surface area contributed by atoms with Gasteiger partial charge in [0.15, 0.2) is 0 Å². The van der Waals surface area contributed by atoms with Gasteiger partial charge in [0, 0.05) is 12.6 Å². The molecule has 15 heavy (non-hydrogen) atoms. The Labute approximate surface area is 93.9 Å². The number of hydrogen-bond acceptors (Lipinski definition) is 3. The minimum atomic E-state index is 0.0931. The SMILES string of the molecule is CCc1ccsc1C(=O)N[C@H]1CCNC1. The fraction of sp³-hybridized carbons (Fsp3) is 0.545. The summed E-state index contributed by atoms with van der Waals surface area (Å²) in [5.41, 5.74) is 1.16. The van der Waals surface area contributed by atoms with Crippen LogP contribution in [-0.4, -0.2) is 25.0 Å². The average molecular weight is 224 g/mol. The van der Waals surface area contributed by atoms with Crippen LogP contribution in [0.4, 0.5) is 0 Å². The highest BCUT2D eigenvalue weighted by Crippen LogP contribution is 2.17. The topological polar surface area (TPSA) is 41.1 Å². The summed E-state index contributed by atoms with van der Waals surface area (Å²) in [5.74, 6) is 0.0931. The van der Waals surface area contributed by atoms with Crippen molar-refractivity contribution in [3.8, 4) is 0 Å². The monoisotopic (exact) mass is 224 g/mol. The fourth-order valence-corrected chi connectivity index (χ4v) is 2.74. The van der Waals surface area contributed by atoms with Gasteiger partial charge >= 0.3 is 0 Å². The third-order valence-corrected chi connectivity index (χ3v) is 3.68. The molecule has 3 nitrogen and oxygen atoms in total. The summed E-state index contributed by atoms with van der Waals surface area (Å²) in [7, 11) is 0. The molecule has 1 atom stereocenters. The zero-order valence-corrected chi connectivity index (χ0v) is 9.69. The second-order valence-electron chi connectivity index (χ2n) is 3.79. The Morgan fingerprint density at radius 1 is 1.73 bits per heavy atom. The smallest absolute Gasteiger partial charge is 0.261 e. The first-order valence-electron chi connectivity index (χ1n) is 5.39. The number of amides is 1. The van der Waals surface area contributed by atoms with Crippen LogP contribution in [0.3, 0.4) is 0 Å². The maximum atomic E-state index is 11.9. The first kappa shape index (κ1) is 10.6. The predicted octanol–water partition coefficient (Wildman–Crippen LogP) is 1.40. The molecular formula is C11H16N2OS. The number of carbonyl (C=O) groups excluding carboxylic acids is 1. The van der Waals surface area contributed by atoms with Crippen molar-refractivity contribution < 1.29 is 4.79 Å². The van der Waals surface area contributed by atoms with E-state index in [1.54, 1.807) is 0 Å². The van der Waals surface area contributed by atoms with Gasteiger partial charge in [-0.25, -0.2) is 0 Å². The molecule has 1 aliphatic rings. The quantitative estimate of drug-likeness (QED) is 0.815. The Hall–Kier alpha value is -0.870. The van der Waals surface area contributed by atoms with E-state index < -0.39 is 0 Å². The number of thiophene rings is 1. The van der Waals surface area contributed by atoms with Crippen LogP contribution in [0.15, 0.2) is 11.4 Å². The van der Waals surface area contributed by atoms with E-state index in [-0.39, 0.29) is 5.91 Å². The molecule has 1 aliphatic heterocycles. The highest BCUT2D eigenvalue weighted by molar-refractivity contribution is 7.12. The van der Waals surface area contributed by atoms with Crippen LogP contribution >= 0.6 is 11.3 Å². The van der Waals surface area contributed by atoms with Crippen molar-refractivity contribution in [1.82, 2.24) is 10.6 Å². The molecule has 1 aromatic rings. The molecule has 0 aromatic carbocycles. The van der Waals surface area contributed by atoms with Crippen LogP contribution in [0.1, 0.15) is 28.6 Å². The van der Waals surface area contributed by atoms with E-state index in [1.165, 1.54) is 11.3 Å². The molecule has 0 aliphatic carbocycles. The largest absolute Gasteiger partial charge is 0.347 e. The molecule has 0 saturated carbocycles. The zero-order valence-electron chi connectivity index (χ0n) is 8.88. The van der Waals surface area contributed by atoms with Gasteiger partial charge in [-0.2, -0.15) is 0 Å². The van der Waals surface area contributed by atoms with Crippen molar-refractivity contribution in [3.05, 3.63) is 21.9 Å². The van der Waals surface area contributed by atoms with Gasteiger partial charge in [-0.3, -0.25) is 4.79 Å². The van der Waals surface area contributed by atoms with E-state index >= 15 is 0 Å². The molecule has 1 fully saturated rings. The highest BCUT2D eigenvalue weighted by Gasteiger charge is 2.19. The summed E-state index contributed by atoms with van der Waals surface area (Å²) in [4.78, 5) is 12.8. The van der Waals surface area contributed by atoms with Crippen molar-refractivity contribution in [2.24, 2.45) is 0 Å². The molecule has 1 amide bonds. The molecule has 2 N–H and O–H groups in total. The molecule has 0 bridgehead atoms. The van der Waals surface area contributed by atoms with Crippen LogP contribution in [-0.2, 0) is 6.42 Å². The molecule has 1 saturated heterocycles. The van der Waals surface area contributed by atoms with E-state index in [9.17, 15) is 4.79 Å². The van der Waals surface area contributed by atoms with Crippen molar-refractivity contribution >= 4 is 17.2 Å². The number of rotatable bonds is 3. The molecule has 4 heteroatoms. The second kappa shape index (κ2) is 4.77. The molecule has 2 heterocycles. The summed E-state index contributed by atoms with van der Waals surface area (Å²) in [6.45, 7) is 3.99. The Kier molecular flexibility index (Phi) is 3.38. The molecule has 82 valence electrons. The molecule has 2 rings (SSSR count). The van der Waals surface area contributed by atoms with Crippen LogP contribution in [0.25, 0.3) is 0 Å². The maximum Gasteiger partial charge on any atom is 0.261 e. The fourth-order valence-electron chi connectivity index (χ4n) is 1.84. The number of hydrogen-bond donors (Lipinski definition) is 2. The number of aryl methyl sites for hydroxylation is 1. The second-order valence-corrected chi connectivity index (χ2v) is 4.71. The molecule has 1 aromatic heterocycles. The van der Waals surface area contributed by atoms with Crippen LogP contribution in [0.5, 0.6) is 0 Å². The van der Waals surface area contributed by atoms with Gasteiger partial charge in [0.05, 0.1) is 4.88 Å². The zero-order chi connectivity index (χ0) is 10.7. The van der Waals surface area contributed by atoms with Crippen LogP contribution in [0.2, 0.25) is 0 Å². The van der Waals surface area contributed by atoms with E-state index in [2.05, 4.69) is 17.6 Å². The van der Waals surface area contributed by atoms with Gasteiger partial charge < -0.3 is 10.6 Å². The third-order valence-electron chi connectivity index (χ3n) is 2.73. The summed E-state index contributed by atoms with van der Waals surface area (Å²) >= 11 is 1.53. The first-order valence-corrected chi connectivity index (χ1v) is 6.27. The van der Waals surface area contributed by atoms with Gasteiger partial charge in [-0.15, -0.1) is 11.3 Å². The minimum absolute atomic E-state index is 0.0931. The lowest BCUT2D eigenvalue weighted by molar-refractivity contribution is 0.0943. The number of carbonyl (C=O) groups is 1. The molecule has 0 radical (unpaired) electrons. The van der Waals surface area contributed by atoms with Gasteiger partial charge in [0.25, 0.3) is 5.91 Å². The predicted molar refractivity (Wildman–Crippen MR) is 62.4 cm³/mol.